The van der Waals surface area contributed by atoms with Crippen LogP contribution >= 0.6 is 0 Å². The van der Waals surface area contributed by atoms with Crippen molar-refractivity contribution in [3.05, 3.63) is 42.4 Å². The van der Waals surface area contributed by atoms with Crippen molar-refractivity contribution in [3.63, 3.8) is 0 Å². The first-order valence-electron chi connectivity index (χ1n) is 8.27. The summed E-state index contributed by atoms with van der Waals surface area (Å²) in [5.74, 6) is -0.0416. The summed E-state index contributed by atoms with van der Waals surface area (Å²) in [6.45, 7) is 5.88. The van der Waals surface area contributed by atoms with Gasteiger partial charge >= 0.3 is 6.18 Å². The zero-order valence-corrected chi connectivity index (χ0v) is 14.9. The predicted molar refractivity (Wildman–Crippen MR) is 93.7 cm³/mol. The molecule has 0 N–H and O–H groups in total. The highest BCUT2D eigenvalue weighted by Gasteiger charge is 2.37. The van der Waals surface area contributed by atoms with Crippen LogP contribution in [0.25, 0.3) is 0 Å². The molecule has 3 rings (SSSR count). The zero-order valence-electron chi connectivity index (χ0n) is 14.9. The van der Waals surface area contributed by atoms with E-state index in [0.717, 1.165) is 17.6 Å². The minimum absolute atomic E-state index is 0.297. The molecule has 1 saturated heterocycles. The van der Waals surface area contributed by atoms with Crippen LogP contribution in [-0.4, -0.2) is 42.3 Å². The first-order chi connectivity index (χ1) is 12.2. The zero-order chi connectivity index (χ0) is 18.9. The molecule has 5 nitrogen and oxygen atoms in total. The summed E-state index contributed by atoms with van der Waals surface area (Å²) in [6.07, 6.45) is -3.39. The van der Waals surface area contributed by atoms with E-state index in [1.807, 2.05) is 29.2 Å². The van der Waals surface area contributed by atoms with Gasteiger partial charge in [0.25, 0.3) is 0 Å². The predicted octanol–water partition coefficient (Wildman–Crippen LogP) is 3.61. The Kier molecular flexibility index (Phi) is 4.68. The Morgan fingerprint density at radius 3 is 2.58 bits per heavy atom. The normalized spacial score (nSPS) is 17.3. The number of anilines is 2. The van der Waals surface area contributed by atoms with E-state index in [9.17, 15) is 13.2 Å². The van der Waals surface area contributed by atoms with Gasteiger partial charge in [-0.3, -0.25) is 0 Å². The van der Waals surface area contributed by atoms with Gasteiger partial charge in [0.2, 0.25) is 5.82 Å². The van der Waals surface area contributed by atoms with Gasteiger partial charge in [-0.05, 0) is 32.0 Å². The number of hydrogen-bond acceptors (Lipinski definition) is 5. The second-order valence-corrected chi connectivity index (χ2v) is 6.82. The monoisotopic (exact) mass is 366 g/mol. The highest BCUT2D eigenvalue weighted by molar-refractivity contribution is 5.55. The van der Waals surface area contributed by atoms with Gasteiger partial charge < -0.3 is 14.5 Å². The second-order valence-electron chi connectivity index (χ2n) is 6.82. The van der Waals surface area contributed by atoms with Gasteiger partial charge in [0.05, 0.1) is 12.6 Å². The number of benzene rings is 1. The molecule has 1 aromatic heterocycles. The van der Waals surface area contributed by atoms with Crippen LogP contribution in [0.2, 0.25) is 0 Å². The maximum Gasteiger partial charge on any atom is 0.451 e. The number of piperazine rings is 1. The molecule has 0 unspecified atom stereocenters. The Bertz CT molecular complexity index is 779. The standard InChI is InChI=1S/C18H21F3N4O/c1-17(2)12-24(15-7-8-22-16(23-15)18(19,20)21)9-10-25(17)13-5-4-6-14(11-13)26-3/h4-8,11H,9-10,12H2,1-3H3. The molecule has 1 aliphatic heterocycles. The van der Waals surface area contributed by atoms with E-state index in [0.29, 0.717) is 25.5 Å². The summed E-state index contributed by atoms with van der Waals surface area (Å²) < 4.78 is 43.9. The Morgan fingerprint density at radius 2 is 1.92 bits per heavy atom. The van der Waals surface area contributed by atoms with Crippen LogP contribution in [0.3, 0.4) is 0 Å². The Labute approximate surface area is 150 Å². The molecular formula is C18H21F3N4O. The highest BCUT2D eigenvalue weighted by Crippen LogP contribution is 2.32. The van der Waals surface area contributed by atoms with Gasteiger partial charge in [0, 0.05) is 37.6 Å². The van der Waals surface area contributed by atoms with E-state index in [4.69, 9.17) is 4.74 Å². The maximum absolute atomic E-state index is 12.9. The number of ether oxygens (including phenoxy) is 1. The first kappa shape index (κ1) is 18.3. The third kappa shape index (κ3) is 3.68. The van der Waals surface area contributed by atoms with Crippen LogP contribution in [0.4, 0.5) is 24.7 Å². The number of alkyl halides is 3. The van der Waals surface area contributed by atoms with Crippen molar-refractivity contribution in [1.82, 2.24) is 9.97 Å². The minimum atomic E-state index is -4.55. The lowest BCUT2D eigenvalue weighted by Gasteiger charge is -2.49. The summed E-state index contributed by atoms with van der Waals surface area (Å²) in [4.78, 5) is 11.1. The molecule has 2 aromatic rings. The molecule has 1 fully saturated rings. The molecule has 1 aliphatic rings. The lowest BCUT2D eigenvalue weighted by atomic mass is 9.97. The quantitative estimate of drug-likeness (QED) is 0.830. The van der Waals surface area contributed by atoms with Crippen LogP contribution < -0.4 is 14.5 Å². The molecular weight excluding hydrogens is 345 g/mol. The largest absolute Gasteiger partial charge is 0.497 e. The van der Waals surface area contributed by atoms with Crippen LogP contribution in [0.1, 0.15) is 19.7 Å². The van der Waals surface area contributed by atoms with E-state index in [1.54, 1.807) is 7.11 Å². The highest BCUT2D eigenvalue weighted by atomic mass is 19.4. The van der Waals surface area contributed by atoms with Crippen LogP contribution in [-0.2, 0) is 6.18 Å². The Hall–Kier alpha value is -2.51. The number of nitrogens with zero attached hydrogens (tertiary/aromatic N) is 4. The Morgan fingerprint density at radius 1 is 1.15 bits per heavy atom. The average Bonchev–Trinajstić information content (AvgIpc) is 2.60. The number of methoxy groups -OCH3 is 1. The van der Waals surface area contributed by atoms with Crippen molar-refractivity contribution >= 4 is 11.5 Å². The summed E-state index contributed by atoms with van der Waals surface area (Å²) in [5, 5.41) is 0. The van der Waals surface area contributed by atoms with Gasteiger partial charge in [0.1, 0.15) is 11.6 Å². The topological polar surface area (TPSA) is 41.5 Å². The van der Waals surface area contributed by atoms with Crippen molar-refractivity contribution < 1.29 is 17.9 Å². The van der Waals surface area contributed by atoms with Gasteiger partial charge in [-0.25, -0.2) is 9.97 Å². The summed E-state index contributed by atoms with van der Waals surface area (Å²) >= 11 is 0. The SMILES string of the molecule is COc1cccc(N2CCN(c3ccnc(C(F)(F)F)n3)CC2(C)C)c1. The number of hydrogen-bond donors (Lipinski definition) is 0. The van der Waals surface area contributed by atoms with Crippen molar-refractivity contribution in [2.75, 3.05) is 36.5 Å². The van der Waals surface area contributed by atoms with Gasteiger partial charge in [-0.1, -0.05) is 6.07 Å². The molecule has 0 amide bonds. The molecule has 26 heavy (non-hydrogen) atoms. The second kappa shape index (κ2) is 6.66. The molecule has 0 aliphatic carbocycles. The molecule has 2 heterocycles. The van der Waals surface area contributed by atoms with Crippen molar-refractivity contribution in [3.8, 4) is 5.75 Å². The lowest BCUT2D eigenvalue weighted by molar-refractivity contribution is -0.144. The molecule has 1 aromatic carbocycles. The summed E-state index contributed by atoms with van der Waals surface area (Å²) in [6, 6.07) is 9.30. The minimum Gasteiger partial charge on any atom is -0.497 e. The van der Waals surface area contributed by atoms with Crippen LogP contribution in [0, 0.1) is 0 Å². The van der Waals surface area contributed by atoms with Gasteiger partial charge in [-0.2, -0.15) is 13.2 Å². The average molecular weight is 366 g/mol. The third-order valence-corrected chi connectivity index (χ3v) is 4.49. The van der Waals surface area contributed by atoms with Gasteiger partial charge in [0.15, 0.2) is 0 Å². The summed E-state index contributed by atoms with van der Waals surface area (Å²) in [7, 11) is 1.62. The number of aromatic nitrogens is 2. The van der Waals surface area contributed by atoms with E-state index in [2.05, 4.69) is 28.7 Å². The fraction of sp³-hybridized carbons (Fsp3) is 0.444. The number of rotatable bonds is 3. The van der Waals surface area contributed by atoms with Crippen LogP contribution in [0.15, 0.2) is 36.5 Å². The van der Waals surface area contributed by atoms with E-state index < -0.39 is 12.0 Å². The van der Waals surface area contributed by atoms with Crippen molar-refractivity contribution in [2.24, 2.45) is 0 Å². The fourth-order valence-electron chi connectivity index (χ4n) is 3.27. The third-order valence-electron chi connectivity index (χ3n) is 4.49. The van der Waals surface area contributed by atoms with E-state index in [1.165, 1.54) is 6.07 Å². The molecule has 8 heteroatoms. The fourth-order valence-corrected chi connectivity index (χ4v) is 3.27. The van der Waals surface area contributed by atoms with Crippen LogP contribution in [0.5, 0.6) is 5.75 Å². The molecule has 140 valence electrons. The molecule has 0 radical (unpaired) electrons. The molecule has 0 spiro atoms. The number of halogens is 3. The molecule has 0 saturated carbocycles. The first-order valence-corrected chi connectivity index (χ1v) is 8.27. The van der Waals surface area contributed by atoms with Crippen molar-refractivity contribution in [2.45, 2.75) is 25.6 Å². The summed E-state index contributed by atoms with van der Waals surface area (Å²) in [5.41, 5.74) is 0.723. The molecule has 0 bridgehead atoms. The van der Waals surface area contributed by atoms with Crippen molar-refractivity contribution in [1.29, 1.82) is 0 Å². The lowest BCUT2D eigenvalue weighted by Crippen LogP contribution is -2.60. The van der Waals surface area contributed by atoms with Gasteiger partial charge in [-0.15, -0.1) is 0 Å². The smallest absolute Gasteiger partial charge is 0.451 e. The maximum atomic E-state index is 12.9. The van der Waals surface area contributed by atoms with E-state index >= 15 is 0 Å². The Balaban J connectivity index is 1.82. The molecule has 0 atom stereocenters. The van der Waals surface area contributed by atoms with E-state index in [-0.39, 0.29) is 5.54 Å².